The zero-order valence-corrected chi connectivity index (χ0v) is 10.1. The molecule has 0 saturated carbocycles. The van der Waals surface area contributed by atoms with Crippen LogP contribution >= 0.6 is 0 Å². The second-order valence-corrected chi connectivity index (χ2v) is 3.67. The van der Waals surface area contributed by atoms with Crippen LogP contribution in [0.1, 0.15) is 16.8 Å². The van der Waals surface area contributed by atoms with Crippen LogP contribution in [0.25, 0.3) is 0 Å². The van der Waals surface area contributed by atoms with E-state index in [9.17, 15) is 4.79 Å². The van der Waals surface area contributed by atoms with E-state index >= 15 is 0 Å². The molecule has 0 bridgehead atoms. The predicted octanol–water partition coefficient (Wildman–Crippen LogP) is 1.71. The average Bonchev–Trinajstić information content (AvgIpc) is 2.36. The molecule has 1 heterocycles. The topological polar surface area (TPSA) is 56.8 Å². The van der Waals surface area contributed by atoms with E-state index in [-0.39, 0.29) is 5.78 Å². The minimum absolute atomic E-state index is 0.0524. The van der Waals surface area contributed by atoms with E-state index in [0.29, 0.717) is 35.8 Å². The highest BCUT2D eigenvalue weighted by atomic mass is 16.5. The van der Waals surface area contributed by atoms with Gasteiger partial charge in [-0.25, -0.2) is 0 Å². The summed E-state index contributed by atoms with van der Waals surface area (Å²) in [4.78, 5) is 11.9. The minimum atomic E-state index is 0.0524. The summed E-state index contributed by atoms with van der Waals surface area (Å²) in [6.07, 6.45) is 0.457. The number of methoxy groups -OCH3 is 3. The summed E-state index contributed by atoms with van der Waals surface area (Å²) in [5.74, 6) is 1.48. The lowest BCUT2D eigenvalue weighted by atomic mass is 10.00. The van der Waals surface area contributed by atoms with Crippen LogP contribution in [0.3, 0.4) is 0 Å². The maximum Gasteiger partial charge on any atom is 0.204 e. The molecule has 0 radical (unpaired) electrons. The second-order valence-electron chi connectivity index (χ2n) is 3.67. The lowest BCUT2D eigenvalue weighted by Gasteiger charge is -2.22. The molecule has 1 aromatic carbocycles. The van der Waals surface area contributed by atoms with Gasteiger partial charge in [-0.3, -0.25) is 4.79 Å². The first-order valence-corrected chi connectivity index (χ1v) is 5.33. The molecule has 2 rings (SSSR count). The summed E-state index contributed by atoms with van der Waals surface area (Å²) in [5.41, 5.74) is 1.27. The molecule has 0 fully saturated rings. The van der Waals surface area contributed by atoms with E-state index in [1.807, 2.05) is 0 Å². The van der Waals surface area contributed by atoms with Crippen LogP contribution in [0.2, 0.25) is 0 Å². The van der Waals surface area contributed by atoms with Gasteiger partial charge >= 0.3 is 0 Å². The van der Waals surface area contributed by atoms with Crippen LogP contribution in [0.4, 0.5) is 5.69 Å². The molecule has 5 nitrogen and oxygen atoms in total. The summed E-state index contributed by atoms with van der Waals surface area (Å²) in [6.45, 7) is 0.629. The van der Waals surface area contributed by atoms with Gasteiger partial charge in [-0.05, 0) is 0 Å². The van der Waals surface area contributed by atoms with Gasteiger partial charge < -0.3 is 19.5 Å². The maximum absolute atomic E-state index is 11.9. The monoisotopic (exact) mass is 237 g/mol. The van der Waals surface area contributed by atoms with Crippen molar-refractivity contribution in [3.63, 3.8) is 0 Å². The Morgan fingerprint density at radius 1 is 1.12 bits per heavy atom. The fourth-order valence-electron chi connectivity index (χ4n) is 2.01. The first kappa shape index (κ1) is 11.6. The highest BCUT2D eigenvalue weighted by Gasteiger charge is 2.27. The first-order valence-electron chi connectivity index (χ1n) is 5.33. The van der Waals surface area contributed by atoms with Crippen LogP contribution in [0, 0.1) is 0 Å². The van der Waals surface area contributed by atoms with Crippen molar-refractivity contribution in [2.75, 3.05) is 33.2 Å². The van der Waals surface area contributed by atoms with Gasteiger partial charge in [0.1, 0.15) is 0 Å². The fraction of sp³-hybridized carbons (Fsp3) is 0.417. The van der Waals surface area contributed by atoms with Crippen LogP contribution in [0.15, 0.2) is 6.07 Å². The number of rotatable bonds is 3. The van der Waals surface area contributed by atoms with E-state index in [1.54, 1.807) is 13.2 Å². The van der Waals surface area contributed by atoms with Crippen LogP contribution in [0.5, 0.6) is 17.2 Å². The summed E-state index contributed by atoms with van der Waals surface area (Å²) >= 11 is 0. The molecule has 17 heavy (non-hydrogen) atoms. The van der Waals surface area contributed by atoms with Crippen LogP contribution in [-0.2, 0) is 0 Å². The Morgan fingerprint density at radius 2 is 1.82 bits per heavy atom. The lowest BCUT2D eigenvalue weighted by Crippen LogP contribution is -2.19. The molecule has 0 atom stereocenters. The van der Waals surface area contributed by atoms with Gasteiger partial charge in [0.2, 0.25) is 5.75 Å². The molecule has 0 unspecified atom stereocenters. The number of ether oxygens (including phenoxy) is 3. The van der Waals surface area contributed by atoms with Gasteiger partial charge in [0.05, 0.1) is 32.6 Å². The van der Waals surface area contributed by atoms with E-state index in [2.05, 4.69) is 5.32 Å². The molecule has 0 saturated heterocycles. The number of carbonyl (C=O) groups excluding carboxylic acids is 1. The number of ketones is 1. The Labute approximate surface area is 99.7 Å². The van der Waals surface area contributed by atoms with E-state index in [0.717, 1.165) is 5.69 Å². The van der Waals surface area contributed by atoms with Crippen molar-refractivity contribution in [1.29, 1.82) is 0 Å². The molecule has 1 aliphatic heterocycles. The Balaban J connectivity index is 2.69. The van der Waals surface area contributed by atoms with Crippen molar-refractivity contribution in [1.82, 2.24) is 0 Å². The molecule has 1 N–H and O–H groups in total. The van der Waals surface area contributed by atoms with Crippen LogP contribution in [-0.4, -0.2) is 33.7 Å². The van der Waals surface area contributed by atoms with Crippen molar-refractivity contribution < 1.29 is 19.0 Å². The third-order valence-corrected chi connectivity index (χ3v) is 2.78. The average molecular weight is 237 g/mol. The zero-order chi connectivity index (χ0) is 12.4. The number of hydrogen-bond donors (Lipinski definition) is 1. The van der Waals surface area contributed by atoms with Gasteiger partial charge in [-0.1, -0.05) is 0 Å². The normalized spacial score (nSPS) is 13.7. The van der Waals surface area contributed by atoms with Crippen molar-refractivity contribution in [3.8, 4) is 17.2 Å². The summed E-state index contributed by atoms with van der Waals surface area (Å²) < 4.78 is 15.7. The molecule has 92 valence electrons. The number of anilines is 1. The van der Waals surface area contributed by atoms with Crippen molar-refractivity contribution in [2.24, 2.45) is 0 Å². The molecule has 0 amide bonds. The molecule has 1 aromatic rings. The Morgan fingerprint density at radius 3 is 2.41 bits per heavy atom. The van der Waals surface area contributed by atoms with E-state index in [4.69, 9.17) is 14.2 Å². The Hall–Kier alpha value is -1.91. The van der Waals surface area contributed by atoms with Gasteiger partial charge in [-0.15, -0.1) is 0 Å². The minimum Gasteiger partial charge on any atom is -0.493 e. The number of carbonyl (C=O) groups is 1. The third-order valence-electron chi connectivity index (χ3n) is 2.78. The van der Waals surface area contributed by atoms with Crippen molar-refractivity contribution >= 4 is 11.5 Å². The molecule has 5 heteroatoms. The van der Waals surface area contributed by atoms with E-state index in [1.165, 1.54) is 14.2 Å². The third kappa shape index (κ3) is 1.77. The number of fused-ring (bicyclic) bond motifs is 1. The van der Waals surface area contributed by atoms with Gasteiger partial charge in [0, 0.05) is 19.0 Å². The van der Waals surface area contributed by atoms with E-state index < -0.39 is 0 Å². The second kappa shape index (κ2) is 4.53. The summed E-state index contributed by atoms with van der Waals surface area (Å²) in [6, 6.07) is 1.76. The smallest absolute Gasteiger partial charge is 0.204 e. The summed E-state index contributed by atoms with van der Waals surface area (Å²) in [5, 5.41) is 3.16. The summed E-state index contributed by atoms with van der Waals surface area (Å²) in [7, 11) is 4.58. The first-order chi connectivity index (χ1) is 8.22. The highest BCUT2D eigenvalue weighted by Crippen LogP contribution is 2.45. The quantitative estimate of drug-likeness (QED) is 0.867. The predicted molar refractivity (Wildman–Crippen MR) is 63.5 cm³/mol. The molecule has 0 aliphatic carbocycles. The number of hydrogen-bond acceptors (Lipinski definition) is 5. The Bertz CT molecular complexity index is 456. The standard InChI is InChI=1S/C12H15NO4/c1-15-9-6-7-10(8(14)4-5-13-7)12(17-3)11(9)16-2/h6,13H,4-5H2,1-3H3. The number of benzene rings is 1. The number of nitrogens with one attached hydrogen (secondary N) is 1. The molecular weight excluding hydrogens is 222 g/mol. The van der Waals surface area contributed by atoms with Gasteiger partial charge in [0.25, 0.3) is 0 Å². The molecule has 0 spiro atoms. The largest absolute Gasteiger partial charge is 0.493 e. The SMILES string of the molecule is COc1cc2c(c(OC)c1OC)C(=O)CCN2. The highest BCUT2D eigenvalue weighted by molar-refractivity contribution is 6.06. The zero-order valence-electron chi connectivity index (χ0n) is 10.1. The van der Waals surface area contributed by atoms with Gasteiger partial charge in [0.15, 0.2) is 17.3 Å². The van der Waals surface area contributed by atoms with Crippen molar-refractivity contribution in [2.45, 2.75) is 6.42 Å². The van der Waals surface area contributed by atoms with Crippen molar-refractivity contribution in [3.05, 3.63) is 11.6 Å². The molecule has 1 aliphatic rings. The van der Waals surface area contributed by atoms with Crippen LogP contribution < -0.4 is 19.5 Å². The fourth-order valence-corrected chi connectivity index (χ4v) is 2.01. The maximum atomic E-state index is 11.9. The van der Waals surface area contributed by atoms with Gasteiger partial charge in [-0.2, -0.15) is 0 Å². The molecular formula is C12H15NO4. The lowest BCUT2D eigenvalue weighted by molar-refractivity contribution is 0.0980. The molecule has 0 aromatic heterocycles. The number of Topliss-reactive ketones (excluding diaryl/α,β-unsaturated/α-hetero) is 1. The Kier molecular flexibility index (Phi) is 3.08.